The van der Waals surface area contributed by atoms with E-state index in [2.05, 4.69) is 15.3 Å². The average Bonchev–Trinajstić information content (AvgIpc) is 2.29. The van der Waals surface area contributed by atoms with Crippen molar-refractivity contribution in [2.24, 2.45) is 0 Å². The summed E-state index contributed by atoms with van der Waals surface area (Å²) in [6.45, 7) is 2.61. The van der Waals surface area contributed by atoms with Crippen LogP contribution in [0.5, 0.6) is 0 Å². The van der Waals surface area contributed by atoms with E-state index >= 15 is 0 Å². The Morgan fingerprint density at radius 2 is 2.00 bits per heavy atom. The predicted octanol–water partition coefficient (Wildman–Crippen LogP) is 1.46. The summed E-state index contributed by atoms with van der Waals surface area (Å²) >= 11 is 0. The molecular formula is C13H15N3O. The lowest BCUT2D eigenvalue weighted by atomic mass is 10.1. The van der Waals surface area contributed by atoms with E-state index in [9.17, 15) is 4.79 Å². The molecule has 0 spiro atoms. The molecule has 0 aliphatic carbocycles. The van der Waals surface area contributed by atoms with Gasteiger partial charge >= 0.3 is 0 Å². The Kier molecular flexibility index (Phi) is 3.35. The highest BCUT2D eigenvalue weighted by molar-refractivity contribution is 5.55. The van der Waals surface area contributed by atoms with Crippen LogP contribution in [0.15, 0.2) is 35.1 Å². The minimum Gasteiger partial charge on any atom is -0.314 e. The Morgan fingerprint density at radius 1 is 1.29 bits per heavy atom. The van der Waals surface area contributed by atoms with Gasteiger partial charge in [0.15, 0.2) is 0 Å². The Morgan fingerprint density at radius 3 is 2.65 bits per heavy atom. The van der Waals surface area contributed by atoms with Gasteiger partial charge in [-0.25, -0.2) is 4.98 Å². The number of aromatic amines is 1. The van der Waals surface area contributed by atoms with E-state index in [4.69, 9.17) is 0 Å². The minimum atomic E-state index is -0.124. The van der Waals surface area contributed by atoms with Crippen LogP contribution in [-0.4, -0.2) is 17.0 Å². The Hall–Kier alpha value is -1.94. The highest BCUT2D eigenvalue weighted by Gasteiger charge is 2.03. The topological polar surface area (TPSA) is 57.8 Å². The molecule has 1 aromatic heterocycles. The maximum atomic E-state index is 11.5. The van der Waals surface area contributed by atoms with Crippen LogP contribution < -0.4 is 10.9 Å². The van der Waals surface area contributed by atoms with Crippen LogP contribution in [0.25, 0.3) is 11.4 Å². The zero-order chi connectivity index (χ0) is 12.3. The molecule has 0 fully saturated rings. The van der Waals surface area contributed by atoms with E-state index in [1.807, 2.05) is 38.2 Å². The lowest BCUT2D eigenvalue weighted by Crippen LogP contribution is -2.14. The quantitative estimate of drug-likeness (QED) is 0.837. The molecule has 0 radical (unpaired) electrons. The summed E-state index contributed by atoms with van der Waals surface area (Å²) in [6.07, 6.45) is 0. The second-order valence-electron chi connectivity index (χ2n) is 3.98. The van der Waals surface area contributed by atoms with Crippen molar-refractivity contribution >= 4 is 0 Å². The van der Waals surface area contributed by atoms with Gasteiger partial charge in [0.2, 0.25) is 0 Å². The zero-order valence-electron chi connectivity index (χ0n) is 9.95. The number of aromatic nitrogens is 2. The van der Waals surface area contributed by atoms with Crippen LogP contribution >= 0.6 is 0 Å². The number of hydrogen-bond acceptors (Lipinski definition) is 3. The van der Waals surface area contributed by atoms with Crippen molar-refractivity contribution in [3.05, 3.63) is 51.9 Å². The van der Waals surface area contributed by atoms with Crippen molar-refractivity contribution in [1.29, 1.82) is 0 Å². The smallest absolute Gasteiger partial charge is 0.251 e. The second-order valence-corrected chi connectivity index (χ2v) is 3.98. The largest absolute Gasteiger partial charge is 0.314 e. The van der Waals surface area contributed by atoms with E-state index in [1.54, 1.807) is 0 Å². The fourth-order valence-corrected chi connectivity index (χ4v) is 1.63. The maximum absolute atomic E-state index is 11.5. The van der Waals surface area contributed by atoms with Crippen molar-refractivity contribution in [2.45, 2.75) is 13.5 Å². The molecule has 1 heterocycles. The lowest BCUT2D eigenvalue weighted by Gasteiger charge is -2.04. The summed E-state index contributed by atoms with van der Waals surface area (Å²) in [5.41, 5.74) is 2.72. The Labute approximate surface area is 99.7 Å². The van der Waals surface area contributed by atoms with E-state index in [1.165, 1.54) is 11.6 Å². The van der Waals surface area contributed by atoms with E-state index in [0.29, 0.717) is 12.4 Å². The second kappa shape index (κ2) is 4.93. The standard InChI is InChI=1S/C13H15N3O/c1-9-3-5-10(6-4-9)13-15-11(8-14-2)7-12(17)16-13/h3-7,14H,8H2,1-2H3,(H,15,16,17). The number of nitrogens with zero attached hydrogens (tertiary/aromatic N) is 1. The van der Waals surface area contributed by atoms with Crippen LogP contribution in [0.4, 0.5) is 0 Å². The fourth-order valence-electron chi connectivity index (χ4n) is 1.63. The highest BCUT2D eigenvalue weighted by Crippen LogP contribution is 2.14. The van der Waals surface area contributed by atoms with Crippen molar-refractivity contribution in [1.82, 2.24) is 15.3 Å². The van der Waals surface area contributed by atoms with Crippen LogP contribution in [0.1, 0.15) is 11.3 Å². The molecule has 2 aromatic rings. The summed E-state index contributed by atoms with van der Waals surface area (Å²) < 4.78 is 0. The normalized spacial score (nSPS) is 10.5. The van der Waals surface area contributed by atoms with Gasteiger partial charge < -0.3 is 10.3 Å². The number of H-pyrrole nitrogens is 1. The van der Waals surface area contributed by atoms with Crippen molar-refractivity contribution in [3.8, 4) is 11.4 Å². The lowest BCUT2D eigenvalue weighted by molar-refractivity contribution is 0.785. The average molecular weight is 229 g/mol. The van der Waals surface area contributed by atoms with Crippen LogP contribution in [0.2, 0.25) is 0 Å². The van der Waals surface area contributed by atoms with Crippen molar-refractivity contribution in [2.75, 3.05) is 7.05 Å². The first kappa shape index (κ1) is 11.5. The third-order valence-electron chi connectivity index (χ3n) is 2.48. The third kappa shape index (κ3) is 2.79. The molecule has 17 heavy (non-hydrogen) atoms. The van der Waals surface area contributed by atoms with Gasteiger partial charge in [-0.15, -0.1) is 0 Å². The Bertz CT molecular complexity index is 558. The molecule has 2 rings (SSSR count). The molecule has 1 aromatic carbocycles. The number of aryl methyl sites for hydroxylation is 1. The van der Waals surface area contributed by atoms with Crippen LogP contribution in [0.3, 0.4) is 0 Å². The summed E-state index contributed by atoms with van der Waals surface area (Å²) in [4.78, 5) is 18.7. The third-order valence-corrected chi connectivity index (χ3v) is 2.48. The highest BCUT2D eigenvalue weighted by atomic mass is 16.1. The molecular weight excluding hydrogens is 214 g/mol. The first-order chi connectivity index (χ1) is 8.19. The van der Waals surface area contributed by atoms with Crippen molar-refractivity contribution in [3.63, 3.8) is 0 Å². The summed E-state index contributed by atoms with van der Waals surface area (Å²) in [5, 5.41) is 2.98. The van der Waals surface area contributed by atoms with E-state index in [-0.39, 0.29) is 5.56 Å². The van der Waals surface area contributed by atoms with E-state index < -0.39 is 0 Å². The van der Waals surface area contributed by atoms with Gasteiger partial charge in [0.25, 0.3) is 5.56 Å². The van der Waals surface area contributed by atoms with Gasteiger partial charge in [-0.1, -0.05) is 29.8 Å². The van der Waals surface area contributed by atoms with Gasteiger partial charge in [-0.2, -0.15) is 0 Å². The summed E-state index contributed by atoms with van der Waals surface area (Å²) in [7, 11) is 1.83. The molecule has 0 amide bonds. The molecule has 0 bridgehead atoms. The number of benzene rings is 1. The van der Waals surface area contributed by atoms with Gasteiger partial charge in [0, 0.05) is 18.2 Å². The number of rotatable bonds is 3. The molecule has 0 unspecified atom stereocenters. The zero-order valence-corrected chi connectivity index (χ0v) is 9.95. The summed E-state index contributed by atoms with van der Waals surface area (Å²) in [6, 6.07) is 9.42. The Balaban J connectivity index is 2.44. The van der Waals surface area contributed by atoms with Gasteiger partial charge in [-0.3, -0.25) is 4.79 Å². The first-order valence-corrected chi connectivity index (χ1v) is 5.51. The molecule has 0 atom stereocenters. The number of nitrogens with one attached hydrogen (secondary N) is 2. The maximum Gasteiger partial charge on any atom is 0.251 e. The fraction of sp³-hybridized carbons (Fsp3) is 0.231. The molecule has 0 aliphatic rings. The van der Waals surface area contributed by atoms with Gasteiger partial charge in [-0.05, 0) is 14.0 Å². The SMILES string of the molecule is CNCc1cc(=O)[nH]c(-c2ccc(C)cc2)n1. The monoisotopic (exact) mass is 229 g/mol. The van der Waals surface area contributed by atoms with Gasteiger partial charge in [0.1, 0.15) is 5.82 Å². The number of hydrogen-bond donors (Lipinski definition) is 2. The molecule has 4 heteroatoms. The van der Waals surface area contributed by atoms with Crippen LogP contribution in [-0.2, 0) is 6.54 Å². The molecule has 0 saturated carbocycles. The first-order valence-electron chi connectivity index (χ1n) is 5.51. The molecule has 0 saturated heterocycles. The molecule has 0 aliphatic heterocycles. The molecule has 88 valence electrons. The van der Waals surface area contributed by atoms with Crippen molar-refractivity contribution < 1.29 is 0 Å². The van der Waals surface area contributed by atoms with Crippen LogP contribution in [0, 0.1) is 6.92 Å². The predicted molar refractivity (Wildman–Crippen MR) is 67.8 cm³/mol. The molecule has 4 nitrogen and oxygen atoms in total. The van der Waals surface area contributed by atoms with Gasteiger partial charge in [0.05, 0.1) is 5.69 Å². The molecule has 2 N–H and O–H groups in total. The summed E-state index contributed by atoms with van der Waals surface area (Å²) in [5.74, 6) is 0.614. The minimum absolute atomic E-state index is 0.124. The van der Waals surface area contributed by atoms with E-state index in [0.717, 1.165) is 11.3 Å².